The Balaban J connectivity index is 1.91. The van der Waals surface area contributed by atoms with Gasteiger partial charge in [-0.15, -0.1) is 0 Å². The van der Waals surface area contributed by atoms with Crippen molar-refractivity contribution < 1.29 is 14.7 Å². The molecule has 0 unspecified atom stereocenters. The smallest absolute Gasteiger partial charge is 0.407 e. The number of nitrogens with one attached hydrogen (secondary N) is 1. The predicted molar refractivity (Wildman–Crippen MR) is 86.2 cm³/mol. The minimum Gasteiger partial charge on any atom is -0.465 e. The second kappa shape index (κ2) is 5.36. The molecule has 1 aromatic carbocycles. The number of hydrogen-bond donors (Lipinski definition) is 2. The molecule has 2 amide bonds. The first-order valence-electron chi connectivity index (χ1n) is 6.83. The van der Waals surface area contributed by atoms with Crippen LogP contribution in [-0.4, -0.2) is 47.3 Å². The molecule has 21 heavy (non-hydrogen) atoms. The Labute approximate surface area is 136 Å². The monoisotopic (exact) mass is 401 g/mol. The van der Waals surface area contributed by atoms with E-state index in [1.165, 1.54) is 4.90 Å². The highest BCUT2D eigenvalue weighted by atomic mass is 127. The van der Waals surface area contributed by atoms with E-state index in [2.05, 4.69) is 32.8 Å². The topological polar surface area (TPSA) is 72.9 Å². The van der Waals surface area contributed by atoms with Gasteiger partial charge in [-0.3, -0.25) is 4.79 Å². The van der Waals surface area contributed by atoms with Crippen LogP contribution in [0.2, 0.25) is 0 Å². The SMILES string of the molecule is O=C(O)N1CCC2(CC1)C(=O)NCN2c1ccccc1I. The van der Waals surface area contributed by atoms with Gasteiger partial charge in [-0.25, -0.2) is 4.79 Å². The van der Waals surface area contributed by atoms with E-state index in [0.29, 0.717) is 32.6 Å². The number of benzene rings is 1. The molecule has 0 atom stereocenters. The Kier molecular flexibility index (Phi) is 3.68. The van der Waals surface area contributed by atoms with E-state index in [4.69, 9.17) is 5.11 Å². The third-order valence-electron chi connectivity index (χ3n) is 4.34. The van der Waals surface area contributed by atoms with Crippen LogP contribution in [0.25, 0.3) is 0 Å². The van der Waals surface area contributed by atoms with Crippen LogP contribution in [0.5, 0.6) is 0 Å². The molecular weight excluding hydrogens is 385 g/mol. The minimum atomic E-state index is -0.913. The van der Waals surface area contributed by atoms with Crippen LogP contribution in [0.4, 0.5) is 10.5 Å². The first-order chi connectivity index (χ1) is 10.0. The number of carboxylic acid groups (broad SMARTS) is 1. The average Bonchev–Trinajstić information content (AvgIpc) is 2.77. The highest BCUT2D eigenvalue weighted by molar-refractivity contribution is 14.1. The van der Waals surface area contributed by atoms with Crippen LogP contribution in [0, 0.1) is 3.57 Å². The van der Waals surface area contributed by atoms with E-state index in [-0.39, 0.29) is 5.91 Å². The van der Waals surface area contributed by atoms with Gasteiger partial charge in [0.2, 0.25) is 5.91 Å². The third-order valence-corrected chi connectivity index (χ3v) is 5.25. The first kappa shape index (κ1) is 14.4. The second-order valence-corrected chi connectivity index (χ2v) is 6.51. The maximum absolute atomic E-state index is 12.4. The number of halogens is 1. The Morgan fingerprint density at radius 1 is 1.29 bits per heavy atom. The van der Waals surface area contributed by atoms with Gasteiger partial charge in [0.15, 0.2) is 0 Å². The quantitative estimate of drug-likeness (QED) is 0.703. The minimum absolute atomic E-state index is 0.00666. The molecule has 2 heterocycles. The molecule has 7 heteroatoms. The van der Waals surface area contributed by atoms with Gasteiger partial charge in [-0.1, -0.05) is 12.1 Å². The molecule has 0 saturated carbocycles. The number of anilines is 1. The first-order valence-corrected chi connectivity index (χ1v) is 7.91. The van der Waals surface area contributed by atoms with Crippen molar-refractivity contribution in [3.05, 3.63) is 27.8 Å². The molecule has 0 bridgehead atoms. The van der Waals surface area contributed by atoms with Gasteiger partial charge in [0.05, 0.1) is 12.4 Å². The number of carbonyl (C=O) groups excluding carboxylic acids is 1. The van der Waals surface area contributed by atoms with Crippen LogP contribution < -0.4 is 10.2 Å². The Morgan fingerprint density at radius 3 is 2.57 bits per heavy atom. The molecule has 3 rings (SSSR count). The van der Waals surface area contributed by atoms with Crippen molar-refractivity contribution in [1.29, 1.82) is 0 Å². The summed E-state index contributed by atoms with van der Waals surface area (Å²) < 4.78 is 1.09. The lowest BCUT2D eigenvalue weighted by molar-refractivity contribution is -0.125. The molecule has 1 spiro atoms. The van der Waals surface area contributed by atoms with Crippen LogP contribution in [0.15, 0.2) is 24.3 Å². The average molecular weight is 401 g/mol. The summed E-state index contributed by atoms with van der Waals surface area (Å²) in [6.45, 7) is 1.26. The summed E-state index contributed by atoms with van der Waals surface area (Å²) in [7, 11) is 0. The fourth-order valence-corrected chi connectivity index (χ4v) is 3.82. The fourth-order valence-electron chi connectivity index (χ4n) is 3.14. The second-order valence-electron chi connectivity index (χ2n) is 5.34. The van der Waals surface area contributed by atoms with Crippen LogP contribution >= 0.6 is 22.6 Å². The molecule has 1 aromatic rings. The number of piperidine rings is 1. The summed E-state index contributed by atoms with van der Waals surface area (Å²) in [6.07, 6.45) is 0.135. The standard InChI is InChI=1S/C14H16IN3O3/c15-10-3-1-2-4-11(10)18-9-16-12(19)14(18)5-7-17(8-6-14)13(20)21/h1-4H,5-9H2,(H,16,19)(H,20,21). The summed E-state index contributed by atoms with van der Waals surface area (Å²) >= 11 is 2.27. The van der Waals surface area contributed by atoms with Crippen molar-refractivity contribution >= 4 is 40.3 Å². The zero-order valence-corrected chi connectivity index (χ0v) is 13.5. The summed E-state index contributed by atoms with van der Waals surface area (Å²) in [5.74, 6) is 0.00666. The molecule has 2 fully saturated rings. The molecule has 2 aliphatic heterocycles. The number of carbonyl (C=O) groups is 2. The molecule has 6 nitrogen and oxygen atoms in total. The fraction of sp³-hybridized carbons (Fsp3) is 0.429. The van der Waals surface area contributed by atoms with E-state index >= 15 is 0 Å². The van der Waals surface area contributed by atoms with Gasteiger partial charge >= 0.3 is 6.09 Å². The van der Waals surface area contributed by atoms with Crippen molar-refractivity contribution in [2.24, 2.45) is 0 Å². The molecule has 112 valence electrons. The molecule has 0 aromatic heterocycles. The predicted octanol–water partition coefficient (Wildman–Crippen LogP) is 1.70. The van der Waals surface area contributed by atoms with E-state index in [0.717, 1.165) is 9.26 Å². The molecule has 2 aliphatic rings. The zero-order valence-electron chi connectivity index (χ0n) is 11.4. The molecule has 0 radical (unpaired) electrons. The summed E-state index contributed by atoms with van der Waals surface area (Å²) in [4.78, 5) is 26.9. The van der Waals surface area contributed by atoms with Gasteiger partial charge in [-0.05, 0) is 47.6 Å². The highest BCUT2D eigenvalue weighted by Gasteiger charge is 2.51. The van der Waals surface area contributed by atoms with E-state index in [1.807, 2.05) is 24.3 Å². The van der Waals surface area contributed by atoms with Gasteiger partial charge in [0, 0.05) is 16.7 Å². The largest absolute Gasteiger partial charge is 0.465 e. The van der Waals surface area contributed by atoms with Gasteiger partial charge in [0.1, 0.15) is 5.54 Å². The van der Waals surface area contributed by atoms with Crippen LogP contribution in [0.3, 0.4) is 0 Å². The van der Waals surface area contributed by atoms with Crippen molar-refractivity contribution in [3.8, 4) is 0 Å². The van der Waals surface area contributed by atoms with Crippen LogP contribution in [0.1, 0.15) is 12.8 Å². The highest BCUT2D eigenvalue weighted by Crippen LogP contribution is 2.37. The van der Waals surface area contributed by atoms with Gasteiger partial charge in [-0.2, -0.15) is 0 Å². The summed E-state index contributed by atoms with van der Waals surface area (Å²) in [6, 6.07) is 7.95. The normalized spacial score (nSPS) is 20.7. The van der Waals surface area contributed by atoms with Gasteiger partial charge < -0.3 is 20.2 Å². The van der Waals surface area contributed by atoms with Crippen LogP contribution in [-0.2, 0) is 4.79 Å². The number of para-hydroxylation sites is 1. The summed E-state index contributed by atoms with van der Waals surface area (Å²) in [5.41, 5.74) is 0.410. The van der Waals surface area contributed by atoms with E-state index < -0.39 is 11.6 Å². The maximum atomic E-state index is 12.4. The molecule has 2 saturated heterocycles. The summed E-state index contributed by atoms with van der Waals surface area (Å²) in [5, 5.41) is 12.0. The van der Waals surface area contributed by atoms with Gasteiger partial charge in [0.25, 0.3) is 0 Å². The Hall–Kier alpha value is -1.51. The maximum Gasteiger partial charge on any atom is 0.407 e. The van der Waals surface area contributed by atoms with E-state index in [1.54, 1.807) is 0 Å². The lowest BCUT2D eigenvalue weighted by atomic mass is 9.86. The number of hydrogen-bond acceptors (Lipinski definition) is 3. The third kappa shape index (κ3) is 2.33. The lowest BCUT2D eigenvalue weighted by Crippen LogP contribution is -2.57. The molecule has 0 aliphatic carbocycles. The number of likely N-dealkylation sites (tertiary alicyclic amines) is 1. The van der Waals surface area contributed by atoms with Crippen molar-refractivity contribution in [2.45, 2.75) is 18.4 Å². The lowest BCUT2D eigenvalue weighted by Gasteiger charge is -2.42. The van der Waals surface area contributed by atoms with E-state index in [9.17, 15) is 9.59 Å². The number of amides is 2. The Morgan fingerprint density at radius 2 is 1.95 bits per heavy atom. The zero-order chi connectivity index (χ0) is 15.0. The van der Waals surface area contributed by atoms with Crippen molar-refractivity contribution in [3.63, 3.8) is 0 Å². The number of nitrogens with zero attached hydrogens (tertiary/aromatic N) is 2. The number of rotatable bonds is 1. The Bertz CT molecular complexity index is 585. The molecular formula is C14H16IN3O3. The van der Waals surface area contributed by atoms with Crippen molar-refractivity contribution in [1.82, 2.24) is 10.2 Å². The molecule has 2 N–H and O–H groups in total. The van der Waals surface area contributed by atoms with Crippen molar-refractivity contribution in [2.75, 3.05) is 24.7 Å².